The molecule has 0 aliphatic heterocycles. The van der Waals surface area contributed by atoms with Gasteiger partial charge in [-0.15, -0.1) is 0 Å². The van der Waals surface area contributed by atoms with Gasteiger partial charge in [0.25, 0.3) is 0 Å². The van der Waals surface area contributed by atoms with Gasteiger partial charge in [-0.2, -0.15) is 0 Å². The number of amides is 3. The molecule has 11 heteroatoms. The predicted molar refractivity (Wildman–Crippen MR) is 99.3 cm³/mol. The second-order valence-electron chi connectivity index (χ2n) is 7.39. The minimum Gasteiger partial charge on any atom is -0.480 e. The topological polar surface area (TPSA) is 165 Å². The molecule has 0 saturated heterocycles. The van der Waals surface area contributed by atoms with E-state index >= 15 is 0 Å². The number of aliphatic carboxylic acids is 1. The van der Waals surface area contributed by atoms with E-state index in [-0.39, 0.29) is 12.8 Å². The van der Waals surface area contributed by atoms with Gasteiger partial charge in [0.05, 0.1) is 19.4 Å². The second-order valence-corrected chi connectivity index (χ2v) is 13.0. The lowest BCUT2D eigenvalue weighted by Gasteiger charge is -2.18. The van der Waals surface area contributed by atoms with Crippen LogP contribution in [0.15, 0.2) is 0 Å². The van der Waals surface area contributed by atoms with Gasteiger partial charge in [0.1, 0.15) is 12.1 Å². The lowest BCUT2D eigenvalue weighted by Crippen LogP contribution is -2.51. The fourth-order valence-electron chi connectivity index (χ4n) is 1.84. The maximum atomic E-state index is 11.9. The number of carboxylic acids is 1. The minimum atomic E-state index is -1.48. The number of rotatable bonds is 12. The number of hydrogen-bond acceptors (Lipinski definition) is 6. The smallest absolute Gasteiger partial charge is 0.326 e. The van der Waals surface area contributed by atoms with Crippen LogP contribution in [0.25, 0.3) is 0 Å². The molecule has 0 radical (unpaired) electrons. The first-order chi connectivity index (χ1) is 12.3. The Morgan fingerprint density at radius 1 is 1.07 bits per heavy atom. The number of ether oxygens (including phenoxy) is 1. The number of hydrogen-bond donors (Lipinski definition) is 4. The Labute approximate surface area is 159 Å². The van der Waals surface area contributed by atoms with Gasteiger partial charge in [0.2, 0.25) is 17.7 Å². The molecule has 0 aliphatic carbocycles. The Morgan fingerprint density at radius 3 is 2.15 bits per heavy atom. The third kappa shape index (κ3) is 12.5. The SMILES string of the molecule is CC(NC(=O)CCC(=O)OCC[Si](C)(C)C)C(=O)NC(CC(N)=O)C(=O)O. The lowest BCUT2D eigenvalue weighted by atomic mass is 10.2. The van der Waals surface area contributed by atoms with Crippen molar-refractivity contribution in [1.29, 1.82) is 0 Å². The maximum Gasteiger partial charge on any atom is 0.326 e. The maximum absolute atomic E-state index is 11.9. The average Bonchev–Trinajstić information content (AvgIpc) is 2.50. The number of carbonyl (C=O) groups is 5. The van der Waals surface area contributed by atoms with Crippen molar-refractivity contribution in [1.82, 2.24) is 10.6 Å². The van der Waals surface area contributed by atoms with E-state index in [0.717, 1.165) is 6.04 Å². The van der Waals surface area contributed by atoms with E-state index in [0.29, 0.717) is 6.61 Å². The van der Waals surface area contributed by atoms with E-state index in [9.17, 15) is 24.0 Å². The Morgan fingerprint density at radius 2 is 1.67 bits per heavy atom. The van der Waals surface area contributed by atoms with Gasteiger partial charge in [0.15, 0.2) is 0 Å². The third-order valence-corrected chi connectivity index (χ3v) is 5.17. The molecule has 0 aliphatic rings. The van der Waals surface area contributed by atoms with E-state index < -0.39 is 56.2 Å². The van der Waals surface area contributed by atoms with Crippen LogP contribution in [0.1, 0.15) is 26.2 Å². The summed E-state index contributed by atoms with van der Waals surface area (Å²) in [6, 6.07) is -1.69. The first-order valence-electron chi connectivity index (χ1n) is 8.58. The summed E-state index contributed by atoms with van der Waals surface area (Å²) in [7, 11) is -1.31. The summed E-state index contributed by atoms with van der Waals surface area (Å²) in [5.74, 6) is -4.13. The molecule has 27 heavy (non-hydrogen) atoms. The summed E-state index contributed by atoms with van der Waals surface area (Å²) in [4.78, 5) is 57.1. The zero-order valence-corrected chi connectivity index (χ0v) is 17.2. The molecule has 0 fully saturated rings. The van der Waals surface area contributed by atoms with Gasteiger partial charge in [-0.1, -0.05) is 19.6 Å². The molecule has 0 aromatic carbocycles. The summed E-state index contributed by atoms with van der Waals surface area (Å²) in [6.07, 6.45) is -0.844. The van der Waals surface area contributed by atoms with Crippen LogP contribution >= 0.6 is 0 Å². The Bertz CT molecular complexity index is 575. The summed E-state index contributed by atoms with van der Waals surface area (Å²) in [5.41, 5.74) is 4.93. The standard InChI is InChI=1S/C16H29N3O7Si/c1-10(15(23)19-11(16(24)25)9-12(17)20)18-13(21)5-6-14(22)26-7-8-27(2,3)4/h10-11H,5-9H2,1-4H3,(H2,17,20)(H,18,21)(H,19,23)(H,24,25). The van der Waals surface area contributed by atoms with Crippen LogP contribution in [0.5, 0.6) is 0 Å². The Balaban J connectivity index is 4.29. The fraction of sp³-hybridized carbons (Fsp3) is 0.688. The van der Waals surface area contributed by atoms with Gasteiger partial charge in [-0.3, -0.25) is 19.2 Å². The summed E-state index contributed by atoms with van der Waals surface area (Å²) in [6.45, 7) is 8.13. The van der Waals surface area contributed by atoms with Crippen molar-refractivity contribution in [3.8, 4) is 0 Å². The van der Waals surface area contributed by atoms with Crippen LogP contribution in [0.3, 0.4) is 0 Å². The van der Waals surface area contributed by atoms with Crippen LogP contribution < -0.4 is 16.4 Å². The molecule has 3 amide bonds. The molecule has 0 aromatic rings. The highest BCUT2D eigenvalue weighted by molar-refractivity contribution is 6.76. The first-order valence-corrected chi connectivity index (χ1v) is 12.3. The van der Waals surface area contributed by atoms with Crippen molar-refractivity contribution in [3.63, 3.8) is 0 Å². The number of carbonyl (C=O) groups excluding carboxylic acids is 4. The molecule has 0 heterocycles. The van der Waals surface area contributed by atoms with Gasteiger partial charge in [-0.25, -0.2) is 4.79 Å². The van der Waals surface area contributed by atoms with Crippen molar-refractivity contribution in [2.24, 2.45) is 5.73 Å². The number of carboxylic acid groups (broad SMARTS) is 1. The van der Waals surface area contributed by atoms with Crippen LogP contribution in [0, 0.1) is 0 Å². The van der Waals surface area contributed by atoms with E-state index in [1.165, 1.54) is 6.92 Å². The van der Waals surface area contributed by atoms with Crippen molar-refractivity contribution in [3.05, 3.63) is 0 Å². The van der Waals surface area contributed by atoms with E-state index in [2.05, 4.69) is 30.3 Å². The molecule has 0 saturated carbocycles. The number of primary amides is 1. The number of nitrogens with two attached hydrogens (primary N) is 1. The number of nitrogens with one attached hydrogen (secondary N) is 2. The largest absolute Gasteiger partial charge is 0.480 e. The van der Waals surface area contributed by atoms with E-state index in [1.54, 1.807) is 0 Å². The molecule has 5 N–H and O–H groups in total. The molecule has 0 rings (SSSR count). The molecule has 2 atom stereocenters. The van der Waals surface area contributed by atoms with Gasteiger partial charge in [0, 0.05) is 14.5 Å². The quantitative estimate of drug-likeness (QED) is 0.254. The zero-order valence-electron chi connectivity index (χ0n) is 16.2. The Hall–Kier alpha value is -2.43. The van der Waals surface area contributed by atoms with Gasteiger partial charge >= 0.3 is 11.9 Å². The minimum absolute atomic E-state index is 0.120. The van der Waals surface area contributed by atoms with E-state index in [4.69, 9.17) is 15.6 Å². The van der Waals surface area contributed by atoms with Gasteiger partial charge < -0.3 is 26.2 Å². The van der Waals surface area contributed by atoms with Crippen molar-refractivity contribution >= 4 is 37.7 Å². The van der Waals surface area contributed by atoms with Crippen LogP contribution in [0.2, 0.25) is 25.7 Å². The van der Waals surface area contributed by atoms with Crippen molar-refractivity contribution < 1.29 is 33.8 Å². The monoisotopic (exact) mass is 403 g/mol. The lowest BCUT2D eigenvalue weighted by molar-refractivity contribution is -0.145. The molecule has 10 nitrogen and oxygen atoms in total. The van der Waals surface area contributed by atoms with Crippen LogP contribution in [0.4, 0.5) is 0 Å². The van der Waals surface area contributed by atoms with E-state index in [1.807, 2.05) is 0 Å². The molecule has 2 unspecified atom stereocenters. The molecular formula is C16H29N3O7Si. The summed E-state index contributed by atoms with van der Waals surface area (Å²) in [5, 5.41) is 13.4. The van der Waals surface area contributed by atoms with Crippen LogP contribution in [-0.2, 0) is 28.7 Å². The molecular weight excluding hydrogens is 374 g/mol. The third-order valence-electron chi connectivity index (χ3n) is 3.46. The number of esters is 1. The highest BCUT2D eigenvalue weighted by atomic mass is 28.3. The van der Waals surface area contributed by atoms with Crippen molar-refractivity contribution in [2.75, 3.05) is 6.61 Å². The second kappa shape index (κ2) is 11.3. The molecule has 0 aromatic heterocycles. The summed E-state index contributed by atoms with van der Waals surface area (Å²) >= 11 is 0. The highest BCUT2D eigenvalue weighted by Gasteiger charge is 2.25. The normalized spacial score (nSPS) is 13.2. The fourth-order valence-corrected chi connectivity index (χ4v) is 2.55. The van der Waals surface area contributed by atoms with Crippen molar-refractivity contribution in [2.45, 2.75) is 64.0 Å². The molecule has 0 spiro atoms. The molecule has 0 bridgehead atoms. The predicted octanol–water partition coefficient (Wildman–Crippen LogP) is -0.402. The zero-order chi connectivity index (χ0) is 21.2. The summed E-state index contributed by atoms with van der Waals surface area (Å²) < 4.78 is 5.06. The Kier molecular flexibility index (Phi) is 10.3. The first kappa shape index (κ1) is 24.6. The molecule has 154 valence electrons. The van der Waals surface area contributed by atoms with Gasteiger partial charge in [-0.05, 0) is 13.0 Å². The van der Waals surface area contributed by atoms with Crippen LogP contribution in [-0.4, -0.2) is 61.5 Å². The average molecular weight is 404 g/mol. The highest BCUT2D eigenvalue weighted by Crippen LogP contribution is 2.08.